The first kappa shape index (κ1) is 20.3. The Hall–Kier alpha value is -1.70. The van der Waals surface area contributed by atoms with Gasteiger partial charge in [0.15, 0.2) is 0 Å². The molecule has 1 heterocycles. The maximum atomic E-state index is 12.2. The van der Waals surface area contributed by atoms with E-state index in [-0.39, 0.29) is 30.4 Å². The average Bonchev–Trinajstić information content (AvgIpc) is 3.02. The number of benzene rings is 1. The molecule has 2 aromatic rings. The summed E-state index contributed by atoms with van der Waals surface area (Å²) in [5.74, 6) is 0.268. The van der Waals surface area contributed by atoms with E-state index in [0.717, 1.165) is 18.4 Å². The van der Waals surface area contributed by atoms with Crippen molar-refractivity contribution in [3.63, 3.8) is 0 Å². The van der Waals surface area contributed by atoms with Crippen molar-refractivity contribution in [3.8, 4) is 11.4 Å². The highest BCUT2D eigenvalue weighted by atomic mass is 35.5. The zero-order valence-corrected chi connectivity index (χ0v) is 15.3. The van der Waals surface area contributed by atoms with E-state index >= 15 is 0 Å². The second-order valence-corrected chi connectivity index (χ2v) is 5.83. The van der Waals surface area contributed by atoms with Crippen molar-refractivity contribution >= 4 is 29.9 Å². The molecule has 3 N–H and O–H groups in total. The summed E-state index contributed by atoms with van der Waals surface area (Å²) in [7, 11) is 0. The standard InChI is InChI=1S/C15H21ClN6O.ClH/c1-3-15(4-2,10-17)18-13(23)9-22-20-14(19-21-22)11-5-7-12(16)8-6-11;/h5-8H,3-4,9-10,17H2,1-2H3,(H,18,23);1H. The van der Waals surface area contributed by atoms with Gasteiger partial charge in [0.1, 0.15) is 6.54 Å². The number of hydrogen-bond donors (Lipinski definition) is 2. The maximum absolute atomic E-state index is 12.2. The summed E-state index contributed by atoms with van der Waals surface area (Å²) in [6, 6.07) is 7.11. The summed E-state index contributed by atoms with van der Waals surface area (Å²) in [5, 5.41) is 15.7. The predicted molar refractivity (Wildman–Crippen MR) is 96.0 cm³/mol. The van der Waals surface area contributed by atoms with Crippen LogP contribution in [-0.4, -0.2) is 38.2 Å². The molecule has 0 spiro atoms. The normalized spacial score (nSPS) is 11.0. The number of carbonyl (C=O) groups is 1. The Kier molecular flexibility index (Phi) is 7.59. The van der Waals surface area contributed by atoms with Crippen LogP contribution in [0.1, 0.15) is 26.7 Å². The van der Waals surface area contributed by atoms with Crippen LogP contribution >= 0.6 is 24.0 Å². The number of tetrazole rings is 1. The highest BCUT2D eigenvalue weighted by Crippen LogP contribution is 2.17. The van der Waals surface area contributed by atoms with Gasteiger partial charge in [0.05, 0.1) is 5.54 Å². The molecular formula is C15H22Cl2N6O. The Labute approximate surface area is 152 Å². The lowest BCUT2D eigenvalue weighted by atomic mass is 9.93. The fourth-order valence-corrected chi connectivity index (χ4v) is 2.38. The maximum Gasteiger partial charge on any atom is 0.244 e. The Morgan fingerprint density at radius 3 is 2.46 bits per heavy atom. The van der Waals surface area contributed by atoms with Crippen molar-refractivity contribution in [2.24, 2.45) is 5.73 Å². The van der Waals surface area contributed by atoms with Crippen molar-refractivity contribution in [3.05, 3.63) is 29.3 Å². The molecule has 0 bridgehead atoms. The van der Waals surface area contributed by atoms with Gasteiger partial charge >= 0.3 is 0 Å². The van der Waals surface area contributed by atoms with E-state index in [2.05, 4.69) is 20.7 Å². The molecule has 1 aromatic carbocycles. The summed E-state index contributed by atoms with van der Waals surface area (Å²) in [6.45, 7) is 4.40. The van der Waals surface area contributed by atoms with E-state index < -0.39 is 0 Å². The van der Waals surface area contributed by atoms with Gasteiger partial charge in [-0.15, -0.1) is 22.6 Å². The van der Waals surface area contributed by atoms with Gasteiger partial charge in [0, 0.05) is 17.1 Å². The summed E-state index contributed by atoms with van der Waals surface area (Å²) >= 11 is 5.85. The molecule has 0 aliphatic heterocycles. The molecular weight excluding hydrogens is 351 g/mol. The second kappa shape index (κ2) is 8.96. The van der Waals surface area contributed by atoms with Crippen LogP contribution in [0.5, 0.6) is 0 Å². The highest BCUT2D eigenvalue weighted by Gasteiger charge is 2.26. The Morgan fingerprint density at radius 1 is 1.29 bits per heavy atom. The molecule has 132 valence electrons. The van der Waals surface area contributed by atoms with E-state index in [9.17, 15) is 4.79 Å². The van der Waals surface area contributed by atoms with E-state index in [1.165, 1.54) is 4.80 Å². The molecule has 2 rings (SSSR count). The number of halogens is 2. The molecule has 7 nitrogen and oxygen atoms in total. The lowest BCUT2D eigenvalue weighted by Gasteiger charge is -2.31. The largest absolute Gasteiger partial charge is 0.348 e. The minimum atomic E-state index is -0.378. The van der Waals surface area contributed by atoms with Crippen LogP contribution in [0.3, 0.4) is 0 Å². The van der Waals surface area contributed by atoms with Gasteiger partial charge in [0.25, 0.3) is 0 Å². The molecule has 1 aromatic heterocycles. The quantitative estimate of drug-likeness (QED) is 0.774. The van der Waals surface area contributed by atoms with Crippen molar-refractivity contribution in [2.75, 3.05) is 6.54 Å². The minimum absolute atomic E-state index is 0. The van der Waals surface area contributed by atoms with Crippen LogP contribution in [0.2, 0.25) is 5.02 Å². The van der Waals surface area contributed by atoms with Crippen molar-refractivity contribution in [1.29, 1.82) is 0 Å². The lowest BCUT2D eigenvalue weighted by molar-refractivity contribution is -0.124. The minimum Gasteiger partial charge on any atom is -0.348 e. The summed E-state index contributed by atoms with van der Waals surface area (Å²) < 4.78 is 0. The van der Waals surface area contributed by atoms with Gasteiger partial charge in [-0.2, -0.15) is 4.80 Å². The van der Waals surface area contributed by atoms with Crippen LogP contribution in [0.4, 0.5) is 0 Å². The first-order valence-corrected chi connectivity index (χ1v) is 7.94. The first-order chi connectivity index (χ1) is 11.0. The van der Waals surface area contributed by atoms with Gasteiger partial charge in [-0.1, -0.05) is 25.4 Å². The summed E-state index contributed by atoms with van der Waals surface area (Å²) in [4.78, 5) is 13.5. The third-order valence-corrected chi connectivity index (χ3v) is 4.24. The molecule has 0 atom stereocenters. The Bertz CT molecular complexity index is 646. The number of aromatic nitrogens is 4. The number of hydrogen-bond acceptors (Lipinski definition) is 5. The van der Waals surface area contributed by atoms with Gasteiger partial charge in [-0.25, -0.2) is 0 Å². The van der Waals surface area contributed by atoms with Gasteiger partial charge < -0.3 is 11.1 Å². The van der Waals surface area contributed by atoms with E-state index in [4.69, 9.17) is 17.3 Å². The summed E-state index contributed by atoms with van der Waals surface area (Å²) in [6.07, 6.45) is 1.54. The molecule has 0 saturated carbocycles. The lowest BCUT2D eigenvalue weighted by Crippen LogP contribution is -2.53. The molecule has 0 unspecified atom stereocenters. The van der Waals surface area contributed by atoms with E-state index in [1.54, 1.807) is 24.3 Å². The molecule has 1 amide bonds. The monoisotopic (exact) mass is 372 g/mol. The van der Waals surface area contributed by atoms with Gasteiger partial charge in [0.2, 0.25) is 11.7 Å². The summed E-state index contributed by atoms with van der Waals surface area (Å²) in [5.41, 5.74) is 6.20. The van der Waals surface area contributed by atoms with Gasteiger partial charge in [-0.3, -0.25) is 4.79 Å². The smallest absolute Gasteiger partial charge is 0.244 e. The third kappa shape index (κ3) is 4.90. The van der Waals surface area contributed by atoms with Crippen LogP contribution < -0.4 is 11.1 Å². The van der Waals surface area contributed by atoms with Crippen LogP contribution in [0, 0.1) is 0 Å². The highest BCUT2D eigenvalue weighted by molar-refractivity contribution is 6.30. The molecule has 24 heavy (non-hydrogen) atoms. The Balaban J connectivity index is 0.00000288. The third-order valence-electron chi connectivity index (χ3n) is 3.99. The number of rotatable bonds is 7. The van der Waals surface area contributed by atoms with Crippen LogP contribution in [0.15, 0.2) is 24.3 Å². The Morgan fingerprint density at radius 2 is 1.92 bits per heavy atom. The topological polar surface area (TPSA) is 98.7 Å². The molecule has 0 saturated heterocycles. The molecule has 0 radical (unpaired) electrons. The number of nitrogens with zero attached hydrogens (tertiary/aromatic N) is 4. The van der Waals surface area contributed by atoms with Crippen molar-refractivity contribution < 1.29 is 4.79 Å². The zero-order chi connectivity index (χ0) is 16.9. The number of nitrogens with one attached hydrogen (secondary N) is 1. The van der Waals surface area contributed by atoms with Crippen molar-refractivity contribution in [1.82, 2.24) is 25.5 Å². The molecule has 0 aliphatic carbocycles. The molecule has 0 fully saturated rings. The van der Waals surface area contributed by atoms with Gasteiger partial charge in [-0.05, 0) is 42.3 Å². The number of amides is 1. The molecule has 0 aliphatic rings. The first-order valence-electron chi connectivity index (χ1n) is 7.56. The predicted octanol–water partition coefficient (Wildman–Crippen LogP) is 2.05. The van der Waals surface area contributed by atoms with E-state index in [1.807, 2.05) is 13.8 Å². The van der Waals surface area contributed by atoms with E-state index in [0.29, 0.717) is 17.4 Å². The number of carbonyl (C=O) groups excluding carboxylic acids is 1. The SMILES string of the molecule is CCC(CC)(CN)NC(=O)Cn1nnc(-c2ccc(Cl)cc2)n1.Cl. The van der Waals surface area contributed by atoms with Crippen LogP contribution in [-0.2, 0) is 11.3 Å². The van der Waals surface area contributed by atoms with Crippen LogP contribution in [0.25, 0.3) is 11.4 Å². The zero-order valence-electron chi connectivity index (χ0n) is 13.7. The average molecular weight is 373 g/mol. The fraction of sp³-hybridized carbons (Fsp3) is 0.467. The molecule has 9 heteroatoms. The number of nitrogens with two attached hydrogens (primary N) is 1. The van der Waals surface area contributed by atoms with Crippen molar-refractivity contribution in [2.45, 2.75) is 38.8 Å². The fourth-order valence-electron chi connectivity index (χ4n) is 2.25. The second-order valence-electron chi connectivity index (χ2n) is 5.39.